The van der Waals surface area contributed by atoms with Crippen molar-refractivity contribution in [1.82, 2.24) is 0 Å². The fraction of sp³-hybridized carbons (Fsp3) is 0.500. The number of aromatic hydroxyl groups is 2. The van der Waals surface area contributed by atoms with Crippen LogP contribution in [0, 0.1) is 0 Å². The van der Waals surface area contributed by atoms with Crippen molar-refractivity contribution >= 4 is 21.5 Å². The van der Waals surface area contributed by atoms with Crippen molar-refractivity contribution in [3.8, 4) is 23.0 Å². The van der Waals surface area contributed by atoms with E-state index in [4.69, 9.17) is 14.0 Å². The van der Waals surface area contributed by atoms with Gasteiger partial charge in [0.05, 0.1) is 20.0 Å². The lowest BCUT2D eigenvalue weighted by atomic mass is 10.1. The molecule has 22 heavy (non-hydrogen) atoms. The number of phenols is 2. The molecule has 1 aromatic carbocycles. The van der Waals surface area contributed by atoms with Gasteiger partial charge in [-0.3, -0.25) is 4.55 Å². The Hall–Kier alpha value is -2.07. The molecule has 5 N–H and O–H groups in total. The van der Waals surface area contributed by atoms with Gasteiger partial charge in [-0.1, -0.05) is 0 Å². The summed E-state index contributed by atoms with van der Waals surface area (Å²) < 4.78 is 40.3. The lowest BCUT2D eigenvalue weighted by Crippen LogP contribution is -2.15. The molecule has 9 nitrogen and oxygen atoms in total. The molecule has 10 heteroatoms. The smallest absolute Gasteiger partial charge is 0.266 e. The molecule has 0 spiro atoms. The Labute approximate surface area is 128 Å². The topological polar surface area (TPSA) is 137 Å². The molecule has 0 fully saturated rings. The van der Waals surface area contributed by atoms with Crippen LogP contribution in [-0.2, 0) is 10.1 Å². The Balaban J connectivity index is 3.29. The van der Waals surface area contributed by atoms with Crippen LogP contribution in [0.15, 0.2) is 0 Å². The van der Waals surface area contributed by atoms with Gasteiger partial charge in [-0.2, -0.15) is 8.42 Å². The molecular formula is C12H20N2O7S. The zero-order valence-corrected chi connectivity index (χ0v) is 13.3. The van der Waals surface area contributed by atoms with Gasteiger partial charge in [-0.25, -0.2) is 0 Å². The predicted molar refractivity (Wildman–Crippen MR) is 81.9 cm³/mol. The summed E-state index contributed by atoms with van der Waals surface area (Å²) in [6, 6.07) is 0. The van der Waals surface area contributed by atoms with Gasteiger partial charge >= 0.3 is 0 Å². The number of ether oxygens (including phenoxy) is 2. The van der Waals surface area contributed by atoms with E-state index in [1.54, 1.807) is 6.92 Å². The fourth-order valence-corrected chi connectivity index (χ4v) is 2.25. The lowest BCUT2D eigenvalue weighted by molar-refractivity contribution is 0.337. The summed E-state index contributed by atoms with van der Waals surface area (Å²) in [6.07, 6.45) is 0. The second-order valence-electron chi connectivity index (χ2n) is 4.26. The molecule has 0 saturated carbocycles. The number of nitrogens with one attached hydrogen (secondary N) is 2. The van der Waals surface area contributed by atoms with Gasteiger partial charge in [0.25, 0.3) is 10.1 Å². The second-order valence-corrected chi connectivity index (χ2v) is 5.83. The van der Waals surface area contributed by atoms with E-state index in [1.165, 1.54) is 14.2 Å². The van der Waals surface area contributed by atoms with Gasteiger partial charge in [0.2, 0.25) is 5.75 Å². The SMILES string of the molecule is CCNc1c(O)c(NCCS(=O)(=O)O)c(OC)c(O)c1OC. The van der Waals surface area contributed by atoms with Crippen LogP contribution in [0.1, 0.15) is 6.92 Å². The summed E-state index contributed by atoms with van der Waals surface area (Å²) in [7, 11) is -1.57. The summed E-state index contributed by atoms with van der Waals surface area (Å²) in [5.41, 5.74) is 0.123. The Bertz CT molecular complexity index is 631. The third-order valence-electron chi connectivity index (χ3n) is 2.78. The summed E-state index contributed by atoms with van der Waals surface area (Å²) in [4.78, 5) is 0. The number of benzene rings is 1. The van der Waals surface area contributed by atoms with E-state index < -0.39 is 15.9 Å². The molecule has 0 radical (unpaired) electrons. The van der Waals surface area contributed by atoms with Gasteiger partial charge in [0, 0.05) is 13.1 Å². The van der Waals surface area contributed by atoms with E-state index in [2.05, 4.69) is 10.6 Å². The van der Waals surface area contributed by atoms with Crippen LogP contribution >= 0.6 is 0 Å². The number of hydrogen-bond acceptors (Lipinski definition) is 8. The molecule has 126 valence electrons. The van der Waals surface area contributed by atoms with Crippen LogP contribution in [0.4, 0.5) is 11.4 Å². The minimum absolute atomic E-state index is 0.00321. The quantitative estimate of drug-likeness (QED) is 0.266. The van der Waals surface area contributed by atoms with Crippen molar-refractivity contribution in [1.29, 1.82) is 0 Å². The summed E-state index contributed by atoms with van der Waals surface area (Å²) in [6.45, 7) is 2.03. The zero-order chi connectivity index (χ0) is 16.9. The monoisotopic (exact) mass is 336 g/mol. The lowest BCUT2D eigenvalue weighted by Gasteiger charge is -2.20. The van der Waals surface area contributed by atoms with Crippen molar-refractivity contribution in [3.05, 3.63) is 0 Å². The molecule has 0 aliphatic carbocycles. The van der Waals surface area contributed by atoms with Crippen molar-refractivity contribution in [3.63, 3.8) is 0 Å². The summed E-state index contributed by atoms with van der Waals surface area (Å²) >= 11 is 0. The number of phenolic OH excluding ortho intramolecular Hbond substituents is 2. The predicted octanol–water partition coefficient (Wildman–Crippen LogP) is 0.846. The van der Waals surface area contributed by atoms with Crippen LogP contribution in [0.2, 0.25) is 0 Å². The van der Waals surface area contributed by atoms with Crippen molar-refractivity contribution < 1.29 is 32.7 Å². The first-order valence-electron chi connectivity index (χ1n) is 6.39. The number of rotatable bonds is 8. The second kappa shape index (κ2) is 7.27. The molecule has 0 amide bonds. The van der Waals surface area contributed by atoms with Crippen LogP contribution in [0.25, 0.3) is 0 Å². The van der Waals surface area contributed by atoms with E-state index in [9.17, 15) is 18.6 Å². The average molecular weight is 336 g/mol. The Morgan fingerprint density at radius 3 is 1.91 bits per heavy atom. The maximum atomic E-state index is 10.7. The molecule has 0 aliphatic heterocycles. The van der Waals surface area contributed by atoms with Crippen molar-refractivity contribution in [2.45, 2.75) is 6.92 Å². The van der Waals surface area contributed by atoms with E-state index in [1.807, 2.05) is 0 Å². The molecule has 0 saturated heterocycles. The molecule has 0 heterocycles. The third kappa shape index (κ3) is 3.98. The Morgan fingerprint density at radius 2 is 1.50 bits per heavy atom. The summed E-state index contributed by atoms with van der Waals surface area (Å²) in [5, 5.41) is 25.9. The molecule has 1 rings (SSSR count). The largest absolute Gasteiger partial charge is 0.504 e. The Kier molecular flexibility index (Phi) is 5.94. The third-order valence-corrected chi connectivity index (χ3v) is 3.50. The van der Waals surface area contributed by atoms with Crippen LogP contribution in [0.3, 0.4) is 0 Å². The van der Waals surface area contributed by atoms with Crippen LogP contribution < -0.4 is 20.1 Å². The highest BCUT2D eigenvalue weighted by molar-refractivity contribution is 7.85. The highest BCUT2D eigenvalue weighted by atomic mass is 32.2. The van der Waals surface area contributed by atoms with Gasteiger partial charge in [-0.05, 0) is 6.92 Å². The standard InChI is InChI=1S/C12H20N2O7S/c1-4-13-7-9(15)8(14-5-6-22(17,18)19)12(21-3)10(16)11(7)20-2/h13-16H,4-6H2,1-3H3,(H,17,18,19). The minimum atomic E-state index is -4.16. The van der Waals surface area contributed by atoms with Crippen molar-refractivity contribution in [2.75, 3.05) is 43.7 Å². The molecule has 0 bridgehead atoms. The van der Waals surface area contributed by atoms with Gasteiger partial charge < -0.3 is 30.3 Å². The highest BCUT2D eigenvalue weighted by Crippen LogP contribution is 2.53. The fourth-order valence-electron chi connectivity index (χ4n) is 1.89. The average Bonchev–Trinajstić information content (AvgIpc) is 2.43. The molecular weight excluding hydrogens is 316 g/mol. The maximum absolute atomic E-state index is 10.7. The first-order chi connectivity index (χ1) is 10.3. The normalized spacial score (nSPS) is 11.1. The van der Waals surface area contributed by atoms with Gasteiger partial charge in [0.15, 0.2) is 17.2 Å². The van der Waals surface area contributed by atoms with Crippen LogP contribution in [0.5, 0.6) is 23.0 Å². The molecule has 0 aromatic heterocycles. The first kappa shape index (κ1) is 18.0. The van der Waals surface area contributed by atoms with Gasteiger partial charge in [-0.15, -0.1) is 0 Å². The zero-order valence-electron chi connectivity index (χ0n) is 12.5. The van der Waals surface area contributed by atoms with E-state index >= 15 is 0 Å². The van der Waals surface area contributed by atoms with Crippen molar-refractivity contribution in [2.24, 2.45) is 0 Å². The number of anilines is 2. The number of methoxy groups -OCH3 is 2. The molecule has 0 unspecified atom stereocenters. The maximum Gasteiger partial charge on any atom is 0.266 e. The van der Waals surface area contributed by atoms with E-state index in [0.717, 1.165) is 0 Å². The summed E-state index contributed by atoms with van der Waals surface area (Å²) in [5.74, 6) is -1.33. The molecule has 0 atom stereocenters. The van der Waals surface area contributed by atoms with E-state index in [-0.39, 0.29) is 40.9 Å². The highest BCUT2D eigenvalue weighted by Gasteiger charge is 2.25. The molecule has 0 aliphatic rings. The van der Waals surface area contributed by atoms with Crippen LogP contribution in [-0.4, -0.2) is 56.2 Å². The minimum Gasteiger partial charge on any atom is -0.504 e. The van der Waals surface area contributed by atoms with Gasteiger partial charge in [0.1, 0.15) is 11.4 Å². The Morgan fingerprint density at radius 1 is 1.00 bits per heavy atom. The number of hydrogen-bond donors (Lipinski definition) is 5. The first-order valence-corrected chi connectivity index (χ1v) is 8.00. The molecule has 1 aromatic rings. The van der Waals surface area contributed by atoms with E-state index in [0.29, 0.717) is 6.54 Å².